The van der Waals surface area contributed by atoms with Crippen molar-refractivity contribution in [3.8, 4) is 0 Å². The molecule has 0 spiro atoms. The van der Waals surface area contributed by atoms with Crippen molar-refractivity contribution in [1.82, 2.24) is 9.78 Å². The lowest BCUT2D eigenvalue weighted by Crippen LogP contribution is -2.07. The lowest BCUT2D eigenvalue weighted by atomic mass is 10.2. The van der Waals surface area contributed by atoms with E-state index in [0.717, 1.165) is 23.7 Å². The highest BCUT2D eigenvalue weighted by Crippen LogP contribution is 2.19. The van der Waals surface area contributed by atoms with Gasteiger partial charge in [0.25, 0.3) is 0 Å². The average molecular weight is 278 g/mol. The number of hydrogen-bond acceptors (Lipinski definition) is 3. The quantitative estimate of drug-likeness (QED) is 0.576. The molecule has 0 saturated carbocycles. The number of carbonyl (C=O) groups excluding carboxylic acids is 1. The number of unbranched alkanes of at least 4 members (excludes halogenated alkanes) is 2. The topological polar surface area (TPSA) is 44.1 Å². The monoisotopic (exact) mass is 278 g/mol. The predicted octanol–water partition coefficient (Wildman–Crippen LogP) is 3.35. The van der Waals surface area contributed by atoms with Crippen LogP contribution in [0.3, 0.4) is 0 Å². The van der Waals surface area contributed by atoms with Gasteiger partial charge in [-0.05, 0) is 32.3 Å². The number of aryl methyl sites for hydroxylation is 1. The smallest absolute Gasteiger partial charge is 0.359 e. The summed E-state index contributed by atoms with van der Waals surface area (Å²) in [6, 6.07) is 7.59. The molecule has 1 heterocycles. The van der Waals surface area contributed by atoms with E-state index < -0.39 is 5.97 Å². The van der Waals surface area contributed by atoms with E-state index in [2.05, 4.69) is 5.10 Å². The normalized spacial score (nSPS) is 10.9. The Morgan fingerprint density at radius 2 is 2.10 bits per heavy atom. The summed E-state index contributed by atoms with van der Waals surface area (Å²) in [6.45, 7) is 2.50. The number of benzene rings is 1. The maximum atomic E-state index is 12.1. The molecule has 5 heteroatoms. The van der Waals surface area contributed by atoms with Gasteiger partial charge in [0.2, 0.25) is 0 Å². The number of aromatic nitrogens is 2. The molecule has 4 nitrogen and oxygen atoms in total. The lowest BCUT2D eigenvalue weighted by molar-refractivity contribution is 0.0520. The first-order chi connectivity index (χ1) is 9.77. The molecule has 1 aromatic heterocycles. The molecule has 0 amide bonds. The van der Waals surface area contributed by atoms with Crippen molar-refractivity contribution in [2.45, 2.75) is 32.7 Å². The molecule has 0 unspecified atom stereocenters. The van der Waals surface area contributed by atoms with Crippen molar-refractivity contribution in [2.24, 2.45) is 0 Å². The second-order valence-electron chi connectivity index (χ2n) is 4.56. The molecule has 0 aliphatic rings. The number of para-hydroxylation sites is 1. The molecule has 1 aromatic carbocycles. The Morgan fingerprint density at radius 3 is 2.85 bits per heavy atom. The molecule has 2 aromatic rings. The number of alkyl halides is 1. The zero-order valence-electron chi connectivity index (χ0n) is 11.6. The summed E-state index contributed by atoms with van der Waals surface area (Å²) in [5.74, 6) is -0.397. The number of carbonyl (C=O) groups is 1. The van der Waals surface area contributed by atoms with E-state index in [0.29, 0.717) is 25.3 Å². The van der Waals surface area contributed by atoms with Crippen LogP contribution in [-0.4, -0.2) is 29.0 Å². The van der Waals surface area contributed by atoms with Gasteiger partial charge in [-0.2, -0.15) is 5.10 Å². The van der Waals surface area contributed by atoms with Crippen LogP contribution in [0.25, 0.3) is 10.9 Å². The fourth-order valence-electron chi connectivity index (χ4n) is 2.18. The fraction of sp³-hybridized carbons (Fsp3) is 0.467. The molecular weight excluding hydrogens is 259 g/mol. The number of ether oxygens (including phenoxy) is 1. The summed E-state index contributed by atoms with van der Waals surface area (Å²) in [7, 11) is 0. The van der Waals surface area contributed by atoms with Gasteiger partial charge in [0.15, 0.2) is 5.69 Å². The highest BCUT2D eigenvalue weighted by atomic mass is 19.1. The lowest BCUT2D eigenvalue weighted by Gasteiger charge is -2.02. The zero-order chi connectivity index (χ0) is 14.4. The summed E-state index contributed by atoms with van der Waals surface area (Å²) in [6.07, 6.45) is 2.24. The second-order valence-corrected chi connectivity index (χ2v) is 4.56. The zero-order valence-corrected chi connectivity index (χ0v) is 11.6. The van der Waals surface area contributed by atoms with Gasteiger partial charge in [0, 0.05) is 11.9 Å². The number of hydrogen-bond donors (Lipinski definition) is 0. The van der Waals surface area contributed by atoms with Crippen molar-refractivity contribution in [3.63, 3.8) is 0 Å². The third kappa shape index (κ3) is 3.15. The minimum atomic E-state index is -0.397. The van der Waals surface area contributed by atoms with Gasteiger partial charge in [-0.1, -0.05) is 18.2 Å². The summed E-state index contributed by atoms with van der Waals surface area (Å²) >= 11 is 0. The third-order valence-corrected chi connectivity index (χ3v) is 3.13. The minimum Gasteiger partial charge on any atom is -0.461 e. The van der Waals surface area contributed by atoms with E-state index in [1.165, 1.54) is 0 Å². The van der Waals surface area contributed by atoms with Gasteiger partial charge in [0.1, 0.15) is 0 Å². The second kappa shape index (κ2) is 7.03. The molecule has 0 radical (unpaired) electrons. The molecule has 0 saturated heterocycles. The van der Waals surface area contributed by atoms with Crippen LogP contribution in [0.15, 0.2) is 24.3 Å². The Morgan fingerprint density at radius 1 is 1.30 bits per heavy atom. The Labute approximate surface area is 117 Å². The fourth-order valence-corrected chi connectivity index (χ4v) is 2.18. The highest BCUT2D eigenvalue weighted by molar-refractivity contribution is 6.02. The Hall–Kier alpha value is -1.91. The number of nitrogens with zero attached hydrogens (tertiary/aromatic N) is 2. The van der Waals surface area contributed by atoms with Crippen molar-refractivity contribution < 1.29 is 13.9 Å². The number of fused-ring (bicyclic) bond motifs is 1. The summed E-state index contributed by atoms with van der Waals surface area (Å²) < 4.78 is 18.9. The molecule has 0 bridgehead atoms. The first kappa shape index (κ1) is 14.5. The van der Waals surface area contributed by atoms with E-state index in [1.807, 2.05) is 24.3 Å². The van der Waals surface area contributed by atoms with Crippen LogP contribution >= 0.6 is 0 Å². The van der Waals surface area contributed by atoms with Gasteiger partial charge >= 0.3 is 5.97 Å². The van der Waals surface area contributed by atoms with Crippen molar-refractivity contribution in [1.29, 1.82) is 0 Å². The van der Waals surface area contributed by atoms with E-state index in [1.54, 1.807) is 11.6 Å². The average Bonchev–Trinajstić information content (AvgIpc) is 2.83. The molecule has 0 aliphatic carbocycles. The minimum absolute atomic E-state index is 0.284. The van der Waals surface area contributed by atoms with Gasteiger partial charge in [0.05, 0.1) is 18.8 Å². The SMILES string of the molecule is CCOC(=O)c1nn(CCCCCF)c2ccccc12. The third-order valence-electron chi connectivity index (χ3n) is 3.13. The largest absolute Gasteiger partial charge is 0.461 e. The molecule has 2 rings (SSSR count). The standard InChI is InChI=1S/C15H19FN2O2/c1-2-20-15(19)14-12-8-4-5-9-13(12)18(17-14)11-7-3-6-10-16/h4-5,8-9H,2-3,6-7,10-11H2,1H3. The van der Waals surface area contributed by atoms with Crippen LogP contribution in [0.1, 0.15) is 36.7 Å². The highest BCUT2D eigenvalue weighted by Gasteiger charge is 2.17. The van der Waals surface area contributed by atoms with Crippen LogP contribution in [0, 0.1) is 0 Å². The molecule has 20 heavy (non-hydrogen) atoms. The number of rotatable bonds is 7. The molecule has 0 fully saturated rings. The van der Waals surface area contributed by atoms with Crippen LogP contribution in [-0.2, 0) is 11.3 Å². The first-order valence-electron chi connectivity index (χ1n) is 6.96. The molecule has 108 valence electrons. The number of halogens is 1. The molecule has 0 N–H and O–H groups in total. The van der Waals surface area contributed by atoms with E-state index in [-0.39, 0.29) is 6.67 Å². The van der Waals surface area contributed by atoms with E-state index in [9.17, 15) is 9.18 Å². The predicted molar refractivity (Wildman–Crippen MR) is 75.5 cm³/mol. The van der Waals surface area contributed by atoms with E-state index in [4.69, 9.17) is 4.74 Å². The van der Waals surface area contributed by atoms with Crippen LogP contribution in [0.4, 0.5) is 4.39 Å². The maximum absolute atomic E-state index is 12.1. The molecule has 0 aliphatic heterocycles. The van der Waals surface area contributed by atoms with Crippen molar-refractivity contribution >= 4 is 16.9 Å². The Balaban J connectivity index is 2.24. The molecular formula is C15H19FN2O2. The number of esters is 1. The van der Waals surface area contributed by atoms with Gasteiger partial charge < -0.3 is 4.74 Å². The summed E-state index contributed by atoms with van der Waals surface area (Å²) in [5.41, 5.74) is 1.27. The van der Waals surface area contributed by atoms with Crippen LogP contribution < -0.4 is 0 Å². The Kier molecular flexibility index (Phi) is 5.09. The van der Waals surface area contributed by atoms with Gasteiger partial charge in [-0.25, -0.2) is 4.79 Å². The van der Waals surface area contributed by atoms with Crippen molar-refractivity contribution in [2.75, 3.05) is 13.3 Å². The van der Waals surface area contributed by atoms with Gasteiger partial charge in [-0.15, -0.1) is 0 Å². The summed E-state index contributed by atoms with van der Waals surface area (Å²) in [5, 5.41) is 5.16. The van der Waals surface area contributed by atoms with Gasteiger partial charge in [-0.3, -0.25) is 9.07 Å². The maximum Gasteiger partial charge on any atom is 0.359 e. The summed E-state index contributed by atoms with van der Waals surface area (Å²) in [4.78, 5) is 11.9. The van der Waals surface area contributed by atoms with Crippen molar-refractivity contribution in [3.05, 3.63) is 30.0 Å². The van der Waals surface area contributed by atoms with Crippen LogP contribution in [0.5, 0.6) is 0 Å². The van der Waals surface area contributed by atoms with Crippen LogP contribution in [0.2, 0.25) is 0 Å². The van der Waals surface area contributed by atoms with E-state index >= 15 is 0 Å². The first-order valence-corrected chi connectivity index (χ1v) is 6.96. The molecule has 0 atom stereocenters. The Bertz CT molecular complexity index is 580.